The fourth-order valence-electron chi connectivity index (χ4n) is 20.0. The molecule has 26 aromatic rings. The molecule has 26 rings (SSSR count). The first-order valence-electron chi connectivity index (χ1n) is 37.7. The van der Waals surface area contributed by atoms with Gasteiger partial charge in [-0.3, -0.25) is 9.97 Å². The van der Waals surface area contributed by atoms with E-state index in [1.807, 2.05) is 36.9 Å². The van der Waals surface area contributed by atoms with Crippen molar-refractivity contribution < 1.29 is 8.83 Å². The summed E-state index contributed by atoms with van der Waals surface area (Å²) < 4.78 is 24.7. The molecule has 6 aromatic heterocycles. The first-order valence-corrected chi connectivity index (χ1v) is 37.7. The lowest BCUT2D eigenvalue weighted by Crippen LogP contribution is -2.10. The average Bonchev–Trinajstić information content (AvgIpc) is 1.09. The molecule has 0 amide bonds. The zero-order valence-electron chi connectivity index (χ0n) is 58.8. The molecule has 506 valence electrons. The highest BCUT2D eigenvalue weighted by Crippen LogP contribution is 2.53. The van der Waals surface area contributed by atoms with Gasteiger partial charge in [-0.15, -0.1) is 0 Å². The second kappa shape index (κ2) is 21.4. The van der Waals surface area contributed by atoms with E-state index in [0.717, 1.165) is 165 Å². The maximum atomic E-state index is 7.43. The highest BCUT2D eigenvalue weighted by molar-refractivity contribution is 6.40. The Kier molecular flexibility index (Phi) is 11.4. The molecule has 6 heterocycles. The molecule has 0 spiro atoms. The van der Waals surface area contributed by atoms with Crippen molar-refractivity contribution in [2.45, 2.75) is 0 Å². The number of fused-ring (bicyclic) bond motifs is 16. The van der Waals surface area contributed by atoms with Crippen molar-refractivity contribution in [3.63, 3.8) is 0 Å². The van der Waals surface area contributed by atoms with E-state index < -0.39 is 0 Å². The van der Waals surface area contributed by atoms with Crippen LogP contribution in [0.15, 0.2) is 349 Å². The van der Waals surface area contributed by atoms with Gasteiger partial charge in [-0.05, 0) is 204 Å². The Bertz CT molecular complexity index is 8060. The second-order valence-corrected chi connectivity index (χ2v) is 29.8. The molecule has 0 unspecified atom stereocenters. The van der Waals surface area contributed by atoms with Gasteiger partial charge in [0.05, 0.1) is 79.3 Å². The summed E-state index contributed by atoms with van der Waals surface area (Å²) in [7, 11) is 0. The molecule has 0 atom stereocenters. The SMILES string of the molecule is c1ccc(-c2cc(-n3c4ccccc4n(-c4cccnc4)c4cc5c(cc43)oc3cc4c6cccc7cccc(c8cccc(c35)c84)c76)c3ccc4c(-c5ccccc5)cc(-n5c6ccccc6n(-c6cccnc6)c6cc7c(cc65)oc5cc6c8cccc9cccc(c%10cccc(c57)c%106)c98)c5ccc2c3c45)cc1. The number of hydrogen-bond acceptors (Lipinski definition) is 4. The van der Waals surface area contributed by atoms with Gasteiger partial charge < -0.3 is 27.1 Å². The molecule has 0 fully saturated rings. The van der Waals surface area contributed by atoms with E-state index in [0.29, 0.717) is 0 Å². The fourth-order valence-corrected chi connectivity index (χ4v) is 20.0. The molecule has 20 aromatic carbocycles. The molecular weight excluding hydrogens is 1340 g/mol. The number of benzene rings is 20. The minimum absolute atomic E-state index is 0.802. The monoisotopic (exact) mass is 1400 g/mol. The van der Waals surface area contributed by atoms with Gasteiger partial charge in [0.1, 0.15) is 22.3 Å². The maximum absolute atomic E-state index is 7.43. The standard InChI is InChI=1S/C102H56N6O2/c1-3-19-57(20-4-1)75-47-85(107-83-39-9-7-37-81(83)105(61-27-17-45-103-55-61)87-49-79-91(53-89(87)107)109-93-51-77-67-31-13-25-59-23-11-29-63(95(59)67)65-33-15-35-73(97(65)77)99(79)93)71-44-42-70-76(58-21-5-2-6-22-58)48-86(72-43-41-69(75)101(71)102(70)72)108-84-40-10-8-38-82(84)106(62-28-18-46-104-56-62)88-50-80-92(54-90(88)108)110-94-52-78-68-32-14-26-60-24-12-30-64(96(60)68)66-34-16-36-74(98(66)78)100(80)94/h1-56H. The van der Waals surface area contributed by atoms with Gasteiger partial charge in [-0.2, -0.15) is 0 Å². The fraction of sp³-hybridized carbons (Fsp3) is 0. The minimum atomic E-state index is 0.802. The highest BCUT2D eigenvalue weighted by Gasteiger charge is 2.29. The Balaban J connectivity index is 0.806. The van der Waals surface area contributed by atoms with E-state index in [4.69, 9.17) is 18.8 Å². The summed E-state index contributed by atoms with van der Waals surface area (Å²) in [4.78, 5) is 9.62. The maximum Gasteiger partial charge on any atom is 0.137 e. The van der Waals surface area contributed by atoms with Crippen LogP contribution < -0.4 is 0 Å². The van der Waals surface area contributed by atoms with E-state index >= 15 is 0 Å². The predicted molar refractivity (Wildman–Crippen MR) is 459 cm³/mol. The minimum Gasteiger partial charge on any atom is -0.456 e. The second-order valence-electron chi connectivity index (χ2n) is 29.8. The summed E-state index contributed by atoms with van der Waals surface area (Å²) in [6, 6.07) is 117. The predicted octanol–water partition coefficient (Wildman–Crippen LogP) is 27.5. The molecule has 0 N–H and O–H groups in total. The Labute approximate surface area is 624 Å². The molecule has 0 radical (unpaired) electrons. The van der Waals surface area contributed by atoms with Crippen molar-refractivity contribution >= 4 is 207 Å². The highest BCUT2D eigenvalue weighted by atomic mass is 16.3. The van der Waals surface area contributed by atoms with Crippen LogP contribution in [0.4, 0.5) is 0 Å². The van der Waals surface area contributed by atoms with Gasteiger partial charge in [0, 0.05) is 67.6 Å². The van der Waals surface area contributed by atoms with Crippen molar-refractivity contribution in [1.29, 1.82) is 0 Å². The van der Waals surface area contributed by atoms with Crippen LogP contribution in [0.3, 0.4) is 0 Å². The van der Waals surface area contributed by atoms with Crippen LogP contribution in [0.5, 0.6) is 0 Å². The molecular formula is C102H56N6O2. The zero-order chi connectivity index (χ0) is 71.3. The zero-order valence-corrected chi connectivity index (χ0v) is 58.8. The summed E-state index contributed by atoms with van der Waals surface area (Å²) >= 11 is 0. The summed E-state index contributed by atoms with van der Waals surface area (Å²) in [5.41, 5.74) is 19.8. The van der Waals surface area contributed by atoms with Gasteiger partial charge in [0.15, 0.2) is 0 Å². The number of para-hydroxylation sites is 4. The Morgan fingerprint density at radius 3 is 0.964 bits per heavy atom. The van der Waals surface area contributed by atoms with Crippen LogP contribution in [-0.2, 0) is 0 Å². The number of aromatic nitrogens is 6. The van der Waals surface area contributed by atoms with E-state index in [1.54, 1.807) is 0 Å². The van der Waals surface area contributed by atoms with Crippen LogP contribution in [-0.4, -0.2) is 28.2 Å². The first kappa shape index (κ1) is 58.4. The molecule has 0 saturated heterocycles. The lowest BCUT2D eigenvalue weighted by atomic mass is 9.85. The molecule has 0 bridgehead atoms. The summed E-state index contributed by atoms with van der Waals surface area (Å²) in [5.74, 6) is 0. The molecule has 8 nitrogen and oxygen atoms in total. The van der Waals surface area contributed by atoms with E-state index in [-0.39, 0.29) is 0 Å². The Morgan fingerprint density at radius 2 is 0.555 bits per heavy atom. The summed E-state index contributed by atoms with van der Waals surface area (Å²) in [6.07, 6.45) is 7.69. The number of pyridine rings is 2. The molecule has 110 heavy (non-hydrogen) atoms. The third-order valence-electron chi connectivity index (χ3n) is 24.4. The van der Waals surface area contributed by atoms with Crippen LogP contribution in [0.1, 0.15) is 0 Å². The Morgan fingerprint density at radius 1 is 0.200 bits per heavy atom. The van der Waals surface area contributed by atoms with Gasteiger partial charge >= 0.3 is 0 Å². The van der Waals surface area contributed by atoms with Crippen molar-refractivity contribution in [3.05, 3.63) is 340 Å². The first-order chi connectivity index (χ1) is 54.6. The smallest absolute Gasteiger partial charge is 0.137 e. The topological polar surface area (TPSA) is 71.8 Å². The average molecular weight is 1400 g/mol. The Hall–Kier alpha value is -14.9. The van der Waals surface area contributed by atoms with Gasteiger partial charge in [0.25, 0.3) is 0 Å². The van der Waals surface area contributed by atoms with Crippen LogP contribution >= 0.6 is 0 Å². The van der Waals surface area contributed by atoms with Crippen LogP contribution in [0, 0.1) is 0 Å². The van der Waals surface area contributed by atoms with Crippen molar-refractivity contribution in [2.75, 3.05) is 0 Å². The van der Waals surface area contributed by atoms with Crippen LogP contribution in [0.25, 0.3) is 252 Å². The number of hydrogen-bond donors (Lipinski definition) is 0. The van der Waals surface area contributed by atoms with Gasteiger partial charge in [-0.25, -0.2) is 0 Å². The van der Waals surface area contributed by atoms with E-state index in [2.05, 4.69) is 322 Å². The van der Waals surface area contributed by atoms with Crippen molar-refractivity contribution in [2.24, 2.45) is 0 Å². The van der Waals surface area contributed by atoms with Crippen LogP contribution in [0.2, 0.25) is 0 Å². The summed E-state index contributed by atoms with van der Waals surface area (Å²) in [5, 5.41) is 30.8. The molecule has 0 aliphatic carbocycles. The molecule has 0 aliphatic rings. The number of nitrogens with zero attached hydrogens (tertiary/aromatic N) is 6. The van der Waals surface area contributed by atoms with Gasteiger partial charge in [-0.1, -0.05) is 218 Å². The van der Waals surface area contributed by atoms with Crippen molar-refractivity contribution in [3.8, 4) is 45.0 Å². The largest absolute Gasteiger partial charge is 0.456 e. The summed E-state index contributed by atoms with van der Waals surface area (Å²) in [6.45, 7) is 0. The lowest BCUT2D eigenvalue weighted by molar-refractivity contribution is 0.669. The molecule has 0 saturated carbocycles. The van der Waals surface area contributed by atoms with Gasteiger partial charge in [0.2, 0.25) is 0 Å². The number of rotatable bonds is 6. The van der Waals surface area contributed by atoms with E-state index in [9.17, 15) is 0 Å². The third-order valence-corrected chi connectivity index (χ3v) is 24.4. The number of furan rings is 2. The van der Waals surface area contributed by atoms with E-state index in [1.165, 1.54) is 86.2 Å². The molecule has 8 heteroatoms. The third kappa shape index (κ3) is 7.67. The molecule has 0 aliphatic heterocycles. The lowest BCUT2D eigenvalue weighted by Gasteiger charge is -2.26. The quantitative estimate of drug-likeness (QED) is 0.123. The normalized spacial score (nSPS) is 12.5. The van der Waals surface area contributed by atoms with Crippen molar-refractivity contribution in [1.82, 2.24) is 28.2 Å².